The monoisotopic (exact) mass is 382 g/mol. The molecule has 0 saturated heterocycles. The first-order valence-electron chi connectivity index (χ1n) is 10.0. The van der Waals surface area contributed by atoms with Gasteiger partial charge in [0.05, 0.1) is 12.6 Å². The van der Waals surface area contributed by atoms with Crippen LogP contribution >= 0.6 is 0 Å². The quantitative estimate of drug-likeness (QED) is 0.828. The van der Waals surface area contributed by atoms with Gasteiger partial charge in [0.1, 0.15) is 11.1 Å². The van der Waals surface area contributed by atoms with E-state index in [1.54, 1.807) is 10.6 Å². The Morgan fingerprint density at radius 2 is 1.96 bits per heavy atom. The molecule has 1 aliphatic heterocycles. The Morgan fingerprint density at radius 1 is 1.21 bits per heavy atom. The van der Waals surface area contributed by atoms with Crippen LogP contribution in [0.4, 0.5) is 0 Å². The van der Waals surface area contributed by atoms with Crippen LogP contribution in [0.25, 0.3) is 10.9 Å². The molecular formula is C22H26N2O4. The molecule has 0 radical (unpaired) electrons. The molecule has 6 nitrogen and oxygen atoms in total. The molecule has 1 aromatic heterocycles. The molecule has 1 unspecified atom stereocenters. The number of nitrogens with zero attached hydrogens (tertiary/aromatic N) is 1. The highest BCUT2D eigenvalue weighted by atomic mass is 16.5. The number of pyridine rings is 1. The zero-order valence-electron chi connectivity index (χ0n) is 16.4. The fourth-order valence-corrected chi connectivity index (χ4v) is 4.76. The van der Waals surface area contributed by atoms with Gasteiger partial charge in [0.2, 0.25) is 0 Å². The molecule has 2 aromatic rings. The number of amides is 1. The van der Waals surface area contributed by atoms with Gasteiger partial charge in [0, 0.05) is 6.04 Å². The molecule has 0 spiro atoms. The highest BCUT2D eigenvalue weighted by molar-refractivity contribution is 6.00. The number of ether oxygens (including phenoxy) is 1. The lowest BCUT2D eigenvalue weighted by Gasteiger charge is -2.35. The SMILES string of the molecule is COC(=O)C1(NC(=O)c2cc3cccc4c3n(c2=O)C(C)CC4)CCCCC1. The largest absolute Gasteiger partial charge is 0.467 e. The van der Waals surface area contributed by atoms with E-state index in [-0.39, 0.29) is 17.2 Å². The zero-order valence-corrected chi connectivity index (χ0v) is 16.4. The second-order valence-electron chi connectivity index (χ2n) is 8.06. The molecule has 6 heteroatoms. The molecule has 4 rings (SSSR count). The van der Waals surface area contributed by atoms with Gasteiger partial charge < -0.3 is 14.6 Å². The second-order valence-corrected chi connectivity index (χ2v) is 8.06. The fourth-order valence-electron chi connectivity index (χ4n) is 4.76. The Balaban J connectivity index is 1.79. The molecular weight excluding hydrogens is 356 g/mol. The average Bonchev–Trinajstić information content (AvgIpc) is 2.71. The summed E-state index contributed by atoms with van der Waals surface area (Å²) in [6, 6.07) is 7.63. The lowest BCUT2D eigenvalue weighted by Crippen LogP contribution is -2.56. The van der Waals surface area contributed by atoms with Gasteiger partial charge in [-0.25, -0.2) is 4.79 Å². The lowest BCUT2D eigenvalue weighted by atomic mass is 9.81. The fraction of sp³-hybridized carbons (Fsp3) is 0.500. The number of hydrogen-bond acceptors (Lipinski definition) is 4. The molecule has 1 fully saturated rings. The van der Waals surface area contributed by atoms with Crippen molar-refractivity contribution < 1.29 is 14.3 Å². The van der Waals surface area contributed by atoms with Crippen LogP contribution in [0.5, 0.6) is 0 Å². The molecule has 1 N–H and O–H groups in total. The number of hydrogen-bond donors (Lipinski definition) is 1. The van der Waals surface area contributed by atoms with Gasteiger partial charge in [0.25, 0.3) is 11.5 Å². The minimum atomic E-state index is -1.04. The molecule has 1 aliphatic carbocycles. The number of carbonyl (C=O) groups excluding carboxylic acids is 2. The Labute approximate surface area is 163 Å². The van der Waals surface area contributed by atoms with E-state index in [4.69, 9.17) is 4.74 Å². The number of para-hydroxylation sites is 1. The molecule has 1 aromatic carbocycles. The first-order chi connectivity index (χ1) is 13.5. The number of nitrogens with one attached hydrogen (secondary N) is 1. The Hall–Kier alpha value is -2.63. The number of aromatic nitrogens is 1. The maximum atomic E-state index is 13.2. The maximum absolute atomic E-state index is 13.2. The summed E-state index contributed by atoms with van der Waals surface area (Å²) in [6.07, 6.45) is 5.58. The van der Waals surface area contributed by atoms with Crippen molar-refractivity contribution in [2.24, 2.45) is 0 Å². The molecule has 0 bridgehead atoms. The van der Waals surface area contributed by atoms with E-state index in [9.17, 15) is 14.4 Å². The summed E-state index contributed by atoms with van der Waals surface area (Å²) in [4.78, 5) is 38.8. The number of methoxy groups -OCH3 is 1. The molecule has 1 amide bonds. The number of rotatable bonds is 3. The maximum Gasteiger partial charge on any atom is 0.331 e. The van der Waals surface area contributed by atoms with E-state index in [1.807, 2.05) is 25.1 Å². The van der Waals surface area contributed by atoms with Crippen LogP contribution in [0.15, 0.2) is 29.1 Å². The van der Waals surface area contributed by atoms with Crippen LogP contribution in [0.3, 0.4) is 0 Å². The average molecular weight is 382 g/mol. The third-order valence-electron chi connectivity index (χ3n) is 6.29. The van der Waals surface area contributed by atoms with Crippen molar-refractivity contribution in [1.82, 2.24) is 9.88 Å². The smallest absolute Gasteiger partial charge is 0.331 e. The number of esters is 1. The Bertz CT molecular complexity index is 1000. The van der Waals surface area contributed by atoms with Crippen LogP contribution in [0.2, 0.25) is 0 Å². The van der Waals surface area contributed by atoms with E-state index in [1.165, 1.54) is 7.11 Å². The molecule has 28 heavy (non-hydrogen) atoms. The van der Waals surface area contributed by atoms with Gasteiger partial charge in [-0.15, -0.1) is 0 Å². The minimum Gasteiger partial charge on any atom is -0.467 e. The van der Waals surface area contributed by atoms with Crippen molar-refractivity contribution in [2.75, 3.05) is 7.11 Å². The second kappa shape index (κ2) is 7.08. The summed E-state index contributed by atoms with van der Waals surface area (Å²) in [6.45, 7) is 2.01. The summed E-state index contributed by atoms with van der Waals surface area (Å²) < 4.78 is 6.72. The third kappa shape index (κ3) is 2.91. The molecule has 2 aliphatic rings. The predicted octanol–water partition coefficient (Wildman–Crippen LogP) is 3.11. The predicted molar refractivity (Wildman–Crippen MR) is 107 cm³/mol. The normalized spacial score (nSPS) is 20.6. The van der Waals surface area contributed by atoms with E-state index >= 15 is 0 Å². The van der Waals surface area contributed by atoms with Crippen LogP contribution in [0.1, 0.15) is 67.4 Å². The summed E-state index contributed by atoms with van der Waals surface area (Å²) in [5, 5.41) is 3.76. The van der Waals surface area contributed by atoms with Crippen molar-refractivity contribution in [3.8, 4) is 0 Å². The lowest BCUT2D eigenvalue weighted by molar-refractivity contribution is -0.149. The number of aryl methyl sites for hydroxylation is 1. The first kappa shape index (κ1) is 18.7. The highest BCUT2D eigenvalue weighted by Crippen LogP contribution is 2.31. The number of carbonyl (C=O) groups is 2. The Kier molecular flexibility index (Phi) is 4.73. The van der Waals surface area contributed by atoms with Crippen LogP contribution in [0, 0.1) is 0 Å². The molecule has 2 heterocycles. The van der Waals surface area contributed by atoms with Gasteiger partial charge in [-0.05, 0) is 49.6 Å². The van der Waals surface area contributed by atoms with Gasteiger partial charge in [0.15, 0.2) is 0 Å². The van der Waals surface area contributed by atoms with Gasteiger partial charge >= 0.3 is 5.97 Å². The van der Waals surface area contributed by atoms with Crippen LogP contribution in [-0.4, -0.2) is 29.1 Å². The van der Waals surface area contributed by atoms with Crippen molar-refractivity contribution >= 4 is 22.8 Å². The molecule has 148 valence electrons. The highest BCUT2D eigenvalue weighted by Gasteiger charge is 2.42. The van der Waals surface area contributed by atoms with E-state index in [2.05, 4.69) is 5.32 Å². The van der Waals surface area contributed by atoms with E-state index in [0.717, 1.165) is 48.6 Å². The van der Waals surface area contributed by atoms with E-state index < -0.39 is 17.4 Å². The molecule has 1 saturated carbocycles. The first-order valence-corrected chi connectivity index (χ1v) is 10.0. The number of benzene rings is 1. The molecule has 1 atom stereocenters. The van der Waals surface area contributed by atoms with Crippen LogP contribution < -0.4 is 10.9 Å². The van der Waals surface area contributed by atoms with Gasteiger partial charge in [-0.2, -0.15) is 0 Å². The topological polar surface area (TPSA) is 77.4 Å². The van der Waals surface area contributed by atoms with Gasteiger partial charge in [-0.1, -0.05) is 37.5 Å². The summed E-state index contributed by atoms with van der Waals surface area (Å²) in [7, 11) is 1.34. The van der Waals surface area contributed by atoms with Gasteiger partial charge in [-0.3, -0.25) is 9.59 Å². The van der Waals surface area contributed by atoms with Crippen molar-refractivity contribution in [1.29, 1.82) is 0 Å². The standard InChI is InChI=1S/C22H26N2O4/c1-14-9-10-15-7-6-8-16-13-17(20(26)24(14)18(15)16)19(25)23-22(21(27)28-2)11-4-3-5-12-22/h6-8,13-14H,3-5,9-12H2,1-2H3,(H,23,25). The summed E-state index contributed by atoms with van der Waals surface area (Å²) in [5.74, 6) is -0.926. The summed E-state index contributed by atoms with van der Waals surface area (Å²) in [5.41, 5.74) is 0.815. The summed E-state index contributed by atoms with van der Waals surface area (Å²) >= 11 is 0. The zero-order chi connectivity index (χ0) is 19.9. The van der Waals surface area contributed by atoms with E-state index in [0.29, 0.717) is 12.8 Å². The minimum absolute atomic E-state index is 0.0295. The van der Waals surface area contributed by atoms with Crippen molar-refractivity contribution in [2.45, 2.75) is 63.5 Å². The third-order valence-corrected chi connectivity index (χ3v) is 6.29. The van der Waals surface area contributed by atoms with Crippen molar-refractivity contribution in [3.63, 3.8) is 0 Å². The Morgan fingerprint density at radius 3 is 2.68 bits per heavy atom. The van der Waals surface area contributed by atoms with Crippen molar-refractivity contribution in [3.05, 3.63) is 45.7 Å². The van der Waals surface area contributed by atoms with Crippen LogP contribution in [-0.2, 0) is 16.0 Å².